The smallest absolute Gasteiger partial charge is 0.277 e. The Bertz CT molecular complexity index is 169. The molecule has 110 valence electrons. The first-order valence-electron chi connectivity index (χ1n) is 7.71. The van der Waals surface area contributed by atoms with Crippen molar-refractivity contribution >= 4 is 0 Å². The van der Waals surface area contributed by atoms with E-state index in [4.69, 9.17) is 4.74 Å². The first-order chi connectivity index (χ1) is 8.62. The van der Waals surface area contributed by atoms with Gasteiger partial charge in [0, 0.05) is 6.42 Å². The highest BCUT2D eigenvalue weighted by atomic mass is 16.8. The van der Waals surface area contributed by atoms with Gasteiger partial charge in [0.25, 0.3) is 5.97 Å². The maximum absolute atomic E-state index is 9.20. The molecule has 0 aliphatic heterocycles. The zero-order valence-corrected chi connectivity index (χ0v) is 12.3. The molecule has 0 aromatic heterocycles. The summed E-state index contributed by atoms with van der Waals surface area (Å²) >= 11 is 0. The van der Waals surface area contributed by atoms with Crippen molar-refractivity contribution in [2.75, 3.05) is 6.61 Å². The van der Waals surface area contributed by atoms with Crippen molar-refractivity contribution in [1.29, 1.82) is 0 Å². The molecule has 0 radical (unpaired) electrons. The van der Waals surface area contributed by atoms with Crippen LogP contribution in [0.15, 0.2) is 0 Å². The normalized spacial score (nSPS) is 12.0. The van der Waals surface area contributed by atoms with Crippen LogP contribution >= 0.6 is 0 Å². The van der Waals surface area contributed by atoms with Gasteiger partial charge in [0.15, 0.2) is 0 Å². The van der Waals surface area contributed by atoms with Gasteiger partial charge in [0.05, 0.1) is 6.61 Å². The van der Waals surface area contributed by atoms with Crippen molar-refractivity contribution in [1.82, 2.24) is 0 Å². The fourth-order valence-corrected chi connectivity index (χ4v) is 1.93. The highest BCUT2D eigenvalue weighted by Crippen LogP contribution is 2.12. The molecule has 0 heterocycles. The zero-order chi connectivity index (χ0) is 13.7. The Morgan fingerprint density at radius 1 is 0.722 bits per heavy atom. The summed E-state index contributed by atoms with van der Waals surface area (Å²) in [7, 11) is 0. The number of unbranched alkanes of at least 4 members (excludes halogenated alkanes) is 9. The quantitative estimate of drug-likeness (QED) is 0.389. The second-order valence-corrected chi connectivity index (χ2v) is 5.13. The van der Waals surface area contributed by atoms with Crippen molar-refractivity contribution in [3.8, 4) is 0 Å². The lowest BCUT2D eigenvalue weighted by atomic mass is 10.1. The van der Waals surface area contributed by atoms with Gasteiger partial charge >= 0.3 is 0 Å². The minimum Gasteiger partial charge on any atom is -0.343 e. The highest BCUT2D eigenvalue weighted by molar-refractivity contribution is 4.49. The van der Waals surface area contributed by atoms with E-state index in [1.165, 1.54) is 51.4 Å². The maximum atomic E-state index is 9.20. The van der Waals surface area contributed by atoms with Crippen molar-refractivity contribution in [2.24, 2.45) is 0 Å². The summed E-state index contributed by atoms with van der Waals surface area (Å²) in [5.74, 6) is -1.92. The zero-order valence-electron chi connectivity index (χ0n) is 12.3. The Balaban J connectivity index is 3.08. The molecule has 0 unspecified atom stereocenters. The maximum Gasteiger partial charge on any atom is 0.277 e. The van der Waals surface area contributed by atoms with Crippen molar-refractivity contribution in [3.05, 3.63) is 0 Å². The molecule has 0 rings (SSSR count). The molecule has 0 fully saturated rings. The van der Waals surface area contributed by atoms with Gasteiger partial charge in [-0.25, -0.2) is 0 Å². The summed E-state index contributed by atoms with van der Waals surface area (Å²) in [5.41, 5.74) is 0. The van der Waals surface area contributed by atoms with Crippen molar-refractivity contribution < 1.29 is 14.9 Å². The third-order valence-corrected chi connectivity index (χ3v) is 3.29. The predicted molar refractivity (Wildman–Crippen MR) is 75.3 cm³/mol. The van der Waals surface area contributed by atoms with E-state index in [1.54, 1.807) is 6.92 Å². The molecule has 0 saturated carbocycles. The molecule has 2 N–H and O–H groups in total. The molecule has 0 bridgehead atoms. The van der Waals surface area contributed by atoms with Gasteiger partial charge in [0.2, 0.25) is 0 Å². The molecule has 0 spiro atoms. The van der Waals surface area contributed by atoms with Gasteiger partial charge in [-0.05, 0) is 6.42 Å². The minimum absolute atomic E-state index is 0.213. The van der Waals surface area contributed by atoms with Gasteiger partial charge in [-0.2, -0.15) is 0 Å². The van der Waals surface area contributed by atoms with E-state index >= 15 is 0 Å². The Labute approximate surface area is 113 Å². The van der Waals surface area contributed by atoms with E-state index in [0.717, 1.165) is 12.8 Å². The van der Waals surface area contributed by atoms with Crippen LogP contribution in [0.25, 0.3) is 0 Å². The standard InChI is InChI=1S/C15H32O3/c1-3-5-6-7-8-9-10-11-12-13-14-18-15(16,17)4-2/h16-17H,3-14H2,1-2H3. The SMILES string of the molecule is CCCCCCCCCCCCOC(O)(O)CC. The van der Waals surface area contributed by atoms with E-state index < -0.39 is 5.97 Å². The fraction of sp³-hybridized carbons (Fsp3) is 1.00. The summed E-state index contributed by atoms with van der Waals surface area (Å²) in [5, 5.41) is 18.4. The number of ether oxygens (including phenoxy) is 1. The van der Waals surface area contributed by atoms with Crippen LogP contribution in [-0.2, 0) is 4.74 Å². The van der Waals surface area contributed by atoms with Gasteiger partial charge in [-0.3, -0.25) is 0 Å². The lowest BCUT2D eigenvalue weighted by molar-refractivity contribution is -0.338. The summed E-state index contributed by atoms with van der Waals surface area (Å²) in [6, 6.07) is 0. The molecular weight excluding hydrogens is 228 g/mol. The van der Waals surface area contributed by atoms with Gasteiger partial charge in [-0.1, -0.05) is 71.6 Å². The van der Waals surface area contributed by atoms with Crippen LogP contribution in [0.3, 0.4) is 0 Å². The molecule has 0 aliphatic rings. The monoisotopic (exact) mass is 260 g/mol. The van der Waals surface area contributed by atoms with Crippen LogP contribution in [0.1, 0.15) is 84.5 Å². The molecule has 3 heteroatoms. The lowest BCUT2D eigenvalue weighted by Gasteiger charge is -2.19. The van der Waals surface area contributed by atoms with Crippen LogP contribution in [-0.4, -0.2) is 22.8 Å². The Morgan fingerprint density at radius 3 is 1.61 bits per heavy atom. The summed E-state index contributed by atoms with van der Waals surface area (Å²) in [6.07, 6.45) is 12.9. The Morgan fingerprint density at radius 2 is 1.17 bits per heavy atom. The van der Waals surface area contributed by atoms with Crippen LogP contribution in [0.2, 0.25) is 0 Å². The van der Waals surface area contributed by atoms with Crippen molar-refractivity contribution in [2.45, 2.75) is 90.4 Å². The molecule has 0 aliphatic carbocycles. The van der Waals surface area contributed by atoms with E-state index in [9.17, 15) is 10.2 Å². The second kappa shape index (κ2) is 11.9. The molecular formula is C15H32O3. The number of hydrogen-bond acceptors (Lipinski definition) is 3. The number of aliphatic hydroxyl groups is 2. The minimum atomic E-state index is -1.92. The first-order valence-corrected chi connectivity index (χ1v) is 7.71. The summed E-state index contributed by atoms with van der Waals surface area (Å²) in [4.78, 5) is 0. The van der Waals surface area contributed by atoms with E-state index in [1.807, 2.05) is 0 Å². The second-order valence-electron chi connectivity index (χ2n) is 5.13. The Hall–Kier alpha value is -0.120. The van der Waals surface area contributed by atoms with Crippen molar-refractivity contribution in [3.63, 3.8) is 0 Å². The number of hydrogen-bond donors (Lipinski definition) is 2. The molecule has 0 aromatic rings. The molecule has 0 amide bonds. The third-order valence-electron chi connectivity index (χ3n) is 3.29. The molecule has 0 aromatic carbocycles. The molecule has 0 saturated heterocycles. The topological polar surface area (TPSA) is 49.7 Å². The molecule has 0 atom stereocenters. The van der Waals surface area contributed by atoms with E-state index in [0.29, 0.717) is 6.61 Å². The Kier molecular flexibility index (Phi) is 11.9. The highest BCUT2D eigenvalue weighted by Gasteiger charge is 2.19. The fourth-order valence-electron chi connectivity index (χ4n) is 1.93. The lowest BCUT2D eigenvalue weighted by Crippen LogP contribution is -2.31. The predicted octanol–water partition coefficient (Wildman–Crippen LogP) is 3.97. The summed E-state index contributed by atoms with van der Waals surface area (Å²) in [6.45, 7) is 4.38. The summed E-state index contributed by atoms with van der Waals surface area (Å²) < 4.78 is 4.96. The van der Waals surface area contributed by atoms with Gasteiger partial charge < -0.3 is 14.9 Å². The number of rotatable bonds is 13. The third kappa shape index (κ3) is 12.3. The van der Waals surface area contributed by atoms with Gasteiger partial charge in [-0.15, -0.1) is 0 Å². The van der Waals surface area contributed by atoms with Crippen LogP contribution < -0.4 is 0 Å². The van der Waals surface area contributed by atoms with Gasteiger partial charge in [0.1, 0.15) is 0 Å². The van der Waals surface area contributed by atoms with Crippen LogP contribution in [0, 0.1) is 0 Å². The largest absolute Gasteiger partial charge is 0.343 e. The van der Waals surface area contributed by atoms with Crippen LogP contribution in [0.5, 0.6) is 0 Å². The van der Waals surface area contributed by atoms with E-state index in [-0.39, 0.29) is 6.42 Å². The molecule has 18 heavy (non-hydrogen) atoms. The molecule has 3 nitrogen and oxygen atoms in total. The van der Waals surface area contributed by atoms with E-state index in [2.05, 4.69) is 6.92 Å². The first kappa shape index (κ1) is 17.9. The average molecular weight is 260 g/mol. The van der Waals surface area contributed by atoms with Crippen LogP contribution in [0.4, 0.5) is 0 Å². The average Bonchev–Trinajstić information content (AvgIpc) is 2.36.